The first-order chi connectivity index (χ1) is 9.28. The van der Waals surface area contributed by atoms with Crippen LogP contribution in [0.25, 0.3) is 0 Å². The second kappa shape index (κ2) is 5.45. The van der Waals surface area contributed by atoms with E-state index in [0.29, 0.717) is 12.6 Å². The fourth-order valence-electron chi connectivity index (χ4n) is 2.47. The van der Waals surface area contributed by atoms with Crippen LogP contribution in [0.1, 0.15) is 5.56 Å². The van der Waals surface area contributed by atoms with Gasteiger partial charge >= 0.3 is 0 Å². The maximum atomic E-state index is 13.1. The Morgan fingerprint density at radius 3 is 2.40 bits per heavy atom. The lowest BCUT2D eigenvalue weighted by Crippen LogP contribution is -2.39. The van der Waals surface area contributed by atoms with Crippen molar-refractivity contribution in [2.75, 3.05) is 0 Å². The SMILES string of the molecule is C[Si](C)(C)C[C@](O)(Cn1cncn1)c1ccc(F)cc1. The number of aliphatic hydroxyl groups is 1. The summed E-state index contributed by atoms with van der Waals surface area (Å²) in [5, 5.41) is 15.2. The molecule has 0 saturated carbocycles. The fraction of sp³-hybridized carbons (Fsp3) is 0.429. The molecule has 1 atom stereocenters. The van der Waals surface area contributed by atoms with Crippen LogP contribution in [0, 0.1) is 5.82 Å². The second-order valence-corrected chi connectivity index (χ2v) is 11.8. The molecule has 0 spiro atoms. The van der Waals surface area contributed by atoms with Crippen LogP contribution in [-0.2, 0) is 12.1 Å². The van der Waals surface area contributed by atoms with Crippen molar-refractivity contribution in [3.8, 4) is 0 Å². The first-order valence-corrected chi connectivity index (χ1v) is 10.3. The lowest BCUT2D eigenvalue weighted by molar-refractivity contribution is 0.0331. The number of hydrogen-bond donors (Lipinski definition) is 1. The molecular formula is C14H20FN3OSi. The van der Waals surface area contributed by atoms with Crippen molar-refractivity contribution >= 4 is 8.07 Å². The minimum atomic E-state index is -1.53. The molecule has 0 unspecified atom stereocenters. The Kier molecular flexibility index (Phi) is 4.05. The zero-order chi connectivity index (χ0) is 14.8. The molecule has 0 aliphatic heterocycles. The Bertz CT molecular complexity index is 551. The third kappa shape index (κ3) is 3.74. The molecule has 1 N–H and O–H groups in total. The fourth-order valence-corrected chi connectivity index (χ4v) is 4.54. The normalized spacial score (nSPS) is 15.1. The molecule has 2 rings (SSSR count). The van der Waals surface area contributed by atoms with E-state index in [9.17, 15) is 9.50 Å². The molecule has 0 fully saturated rings. The molecule has 1 aromatic carbocycles. The maximum Gasteiger partial charge on any atom is 0.137 e. The zero-order valence-electron chi connectivity index (χ0n) is 12.0. The summed E-state index contributed by atoms with van der Waals surface area (Å²) >= 11 is 0. The van der Waals surface area contributed by atoms with E-state index in [4.69, 9.17) is 0 Å². The lowest BCUT2D eigenvalue weighted by atomic mass is 9.96. The van der Waals surface area contributed by atoms with Gasteiger partial charge in [0.2, 0.25) is 0 Å². The molecule has 0 amide bonds. The number of hydrogen-bond acceptors (Lipinski definition) is 3. The van der Waals surface area contributed by atoms with Gasteiger partial charge < -0.3 is 5.11 Å². The first-order valence-electron chi connectivity index (χ1n) is 6.59. The minimum Gasteiger partial charge on any atom is -0.384 e. The molecule has 6 heteroatoms. The monoisotopic (exact) mass is 293 g/mol. The van der Waals surface area contributed by atoms with Gasteiger partial charge in [-0.25, -0.2) is 14.1 Å². The molecule has 108 valence electrons. The standard InChI is InChI=1S/C14H20FN3OSi/c1-20(2,3)9-14(19,8-18-11-16-10-17-18)12-4-6-13(15)7-5-12/h4-7,10-11,19H,8-9H2,1-3H3/t14-/m1/s1. The highest BCUT2D eigenvalue weighted by Crippen LogP contribution is 2.32. The molecule has 0 aliphatic rings. The second-order valence-electron chi connectivity index (χ2n) is 6.37. The molecule has 0 bridgehead atoms. The number of halogens is 1. The van der Waals surface area contributed by atoms with Crippen LogP contribution in [0.5, 0.6) is 0 Å². The van der Waals surface area contributed by atoms with Crippen LogP contribution < -0.4 is 0 Å². The van der Waals surface area contributed by atoms with Crippen LogP contribution >= 0.6 is 0 Å². The molecule has 0 aliphatic carbocycles. The van der Waals surface area contributed by atoms with E-state index in [1.807, 2.05) is 0 Å². The summed E-state index contributed by atoms with van der Waals surface area (Å²) in [6, 6.07) is 6.72. The van der Waals surface area contributed by atoms with Crippen molar-refractivity contribution in [3.05, 3.63) is 48.3 Å². The van der Waals surface area contributed by atoms with E-state index in [-0.39, 0.29) is 5.82 Å². The molecule has 2 aromatic rings. The van der Waals surface area contributed by atoms with Crippen molar-refractivity contribution in [1.82, 2.24) is 14.8 Å². The summed E-state index contributed by atoms with van der Waals surface area (Å²) in [7, 11) is -1.53. The Morgan fingerprint density at radius 1 is 1.25 bits per heavy atom. The van der Waals surface area contributed by atoms with Gasteiger partial charge in [0.15, 0.2) is 0 Å². The molecule has 0 saturated heterocycles. The Balaban J connectivity index is 2.34. The Morgan fingerprint density at radius 2 is 1.90 bits per heavy atom. The average molecular weight is 293 g/mol. The van der Waals surface area contributed by atoms with E-state index in [2.05, 4.69) is 29.7 Å². The summed E-state index contributed by atoms with van der Waals surface area (Å²) < 4.78 is 14.7. The van der Waals surface area contributed by atoms with Gasteiger partial charge in [0, 0.05) is 8.07 Å². The van der Waals surface area contributed by atoms with Crippen molar-refractivity contribution < 1.29 is 9.50 Å². The van der Waals surface area contributed by atoms with E-state index < -0.39 is 13.7 Å². The lowest BCUT2D eigenvalue weighted by Gasteiger charge is -2.33. The van der Waals surface area contributed by atoms with Gasteiger partial charge in [0.1, 0.15) is 24.1 Å². The minimum absolute atomic E-state index is 0.301. The predicted molar refractivity (Wildman–Crippen MR) is 78.5 cm³/mol. The molecule has 4 nitrogen and oxygen atoms in total. The van der Waals surface area contributed by atoms with Gasteiger partial charge in [-0.15, -0.1) is 0 Å². The van der Waals surface area contributed by atoms with Crippen LogP contribution in [0.15, 0.2) is 36.9 Å². The highest BCUT2D eigenvalue weighted by atomic mass is 28.3. The highest BCUT2D eigenvalue weighted by molar-refractivity contribution is 6.76. The van der Waals surface area contributed by atoms with Crippen LogP contribution in [0.4, 0.5) is 4.39 Å². The van der Waals surface area contributed by atoms with Gasteiger partial charge in [-0.2, -0.15) is 5.10 Å². The number of benzene rings is 1. The van der Waals surface area contributed by atoms with Crippen molar-refractivity contribution in [2.24, 2.45) is 0 Å². The highest BCUT2D eigenvalue weighted by Gasteiger charge is 2.35. The van der Waals surface area contributed by atoms with E-state index in [0.717, 1.165) is 5.56 Å². The number of rotatable bonds is 5. The first kappa shape index (κ1) is 14.9. The molecule has 1 heterocycles. The molecular weight excluding hydrogens is 273 g/mol. The number of nitrogens with zero attached hydrogens (tertiary/aromatic N) is 3. The third-order valence-electron chi connectivity index (χ3n) is 3.09. The van der Waals surface area contributed by atoms with Crippen molar-refractivity contribution in [2.45, 2.75) is 37.8 Å². The van der Waals surface area contributed by atoms with Crippen LogP contribution in [-0.4, -0.2) is 27.9 Å². The number of aromatic nitrogens is 3. The van der Waals surface area contributed by atoms with Gasteiger partial charge in [-0.05, 0) is 23.7 Å². The van der Waals surface area contributed by atoms with Crippen molar-refractivity contribution in [3.63, 3.8) is 0 Å². The van der Waals surface area contributed by atoms with Crippen LogP contribution in [0.2, 0.25) is 25.7 Å². The van der Waals surface area contributed by atoms with Crippen LogP contribution in [0.3, 0.4) is 0 Å². The van der Waals surface area contributed by atoms with E-state index >= 15 is 0 Å². The van der Waals surface area contributed by atoms with Gasteiger partial charge in [-0.3, -0.25) is 0 Å². The average Bonchev–Trinajstić information content (AvgIpc) is 2.79. The zero-order valence-corrected chi connectivity index (χ0v) is 13.0. The molecule has 20 heavy (non-hydrogen) atoms. The Hall–Kier alpha value is -1.53. The predicted octanol–water partition coefficient (Wildman–Crippen LogP) is 2.64. The quantitative estimate of drug-likeness (QED) is 0.862. The summed E-state index contributed by atoms with van der Waals surface area (Å²) in [6.45, 7) is 6.91. The molecule has 0 radical (unpaired) electrons. The van der Waals surface area contributed by atoms with E-state index in [1.165, 1.54) is 18.5 Å². The van der Waals surface area contributed by atoms with Gasteiger partial charge in [-0.1, -0.05) is 31.8 Å². The van der Waals surface area contributed by atoms with Gasteiger partial charge in [0.05, 0.1) is 6.54 Å². The topological polar surface area (TPSA) is 50.9 Å². The summed E-state index contributed by atoms with van der Waals surface area (Å²) in [5.74, 6) is -0.301. The summed E-state index contributed by atoms with van der Waals surface area (Å²) in [4.78, 5) is 3.90. The van der Waals surface area contributed by atoms with Gasteiger partial charge in [0.25, 0.3) is 0 Å². The largest absolute Gasteiger partial charge is 0.384 e. The smallest absolute Gasteiger partial charge is 0.137 e. The molecule has 1 aromatic heterocycles. The van der Waals surface area contributed by atoms with Crippen molar-refractivity contribution in [1.29, 1.82) is 0 Å². The summed E-state index contributed by atoms with van der Waals surface area (Å²) in [6.07, 6.45) is 3.03. The Labute approximate surface area is 119 Å². The maximum absolute atomic E-state index is 13.1. The third-order valence-corrected chi connectivity index (χ3v) is 4.74. The summed E-state index contributed by atoms with van der Waals surface area (Å²) in [5.41, 5.74) is -0.330. The van der Waals surface area contributed by atoms with E-state index in [1.54, 1.807) is 23.1 Å².